The van der Waals surface area contributed by atoms with E-state index in [1.165, 1.54) is 0 Å². The van der Waals surface area contributed by atoms with Crippen LogP contribution in [0.2, 0.25) is 0 Å². The molecule has 7 nitrogen and oxygen atoms in total. The molecule has 1 heterocycles. The number of hydrogen-bond donors (Lipinski definition) is 0. The maximum Gasteiger partial charge on any atom is 0.241 e. The van der Waals surface area contributed by atoms with Crippen molar-refractivity contribution in [3.8, 4) is 17.9 Å². The second-order valence-electron chi connectivity index (χ2n) is 7.66. The third-order valence-electron chi connectivity index (χ3n) is 5.52. The molecule has 0 aromatic heterocycles. The van der Waals surface area contributed by atoms with Crippen molar-refractivity contribution < 1.29 is 9.53 Å². The Morgan fingerprint density at radius 1 is 1.03 bits per heavy atom. The standard InChI is InChI=1S/C25H29N5O2/c1-2-32-24-11-9-23(10-12-24)30(16-3-13-26)25(31)20-28-14-4-15-29(18-17-28)22-7-5-21(19-27)6-8-22/h5-12H,2-4,14-18,20H2,1H3. The molecule has 0 radical (unpaired) electrons. The van der Waals surface area contributed by atoms with E-state index in [0.717, 1.165) is 49.7 Å². The fourth-order valence-electron chi connectivity index (χ4n) is 3.86. The Labute approximate surface area is 190 Å². The Balaban J connectivity index is 1.62. The molecule has 2 aromatic carbocycles. The Morgan fingerprint density at radius 2 is 1.78 bits per heavy atom. The third kappa shape index (κ3) is 6.23. The van der Waals surface area contributed by atoms with E-state index in [1.54, 1.807) is 4.90 Å². The number of amides is 1. The number of nitriles is 2. The van der Waals surface area contributed by atoms with E-state index in [9.17, 15) is 4.79 Å². The summed E-state index contributed by atoms with van der Waals surface area (Å²) in [5.41, 5.74) is 2.53. The Morgan fingerprint density at radius 3 is 2.44 bits per heavy atom. The molecule has 0 atom stereocenters. The molecule has 0 unspecified atom stereocenters. The molecular formula is C25H29N5O2. The van der Waals surface area contributed by atoms with Crippen LogP contribution >= 0.6 is 0 Å². The van der Waals surface area contributed by atoms with E-state index in [2.05, 4.69) is 21.9 Å². The van der Waals surface area contributed by atoms with Crippen molar-refractivity contribution in [3.05, 3.63) is 54.1 Å². The van der Waals surface area contributed by atoms with Crippen molar-refractivity contribution in [1.29, 1.82) is 10.5 Å². The molecule has 0 spiro atoms. The van der Waals surface area contributed by atoms with Crippen LogP contribution in [-0.4, -0.2) is 56.7 Å². The van der Waals surface area contributed by atoms with Gasteiger partial charge in [0.05, 0.1) is 37.3 Å². The largest absolute Gasteiger partial charge is 0.494 e. The van der Waals surface area contributed by atoms with Gasteiger partial charge < -0.3 is 14.5 Å². The lowest BCUT2D eigenvalue weighted by Gasteiger charge is -2.27. The molecule has 1 aliphatic rings. The van der Waals surface area contributed by atoms with Gasteiger partial charge in [-0.15, -0.1) is 0 Å². The molecule has 0 saturated carbocycles. The van der Waals surface area contributed by atoms with Gasteiger partial charge in [0.25, 0.3) is 0 Å². The molecule has 2 aromatic rings. The monoisotopic (exact) mass is 431 g/mol. The number of ether oxygens (including phenoxy) is 1. The van der Waals surface area contributed by atoms with E-state index < -0.39 is 0 Å². The van der Waals surface area contributed by atoms with Crippen LogP contribution in [0.5, 0.6) is 5.75 Å². The van der Waals surface area contributed by atoms with Crippen molar-refractivity contribution in [3.63, 3.8) is 0 Å². The van der Waals surface area contributed by atoms with Crippen LogP contribution in [0.4, 0.5) is 11.4 Å². The highest BCUT2D eigenvalue weighted by atomic mass is 16.5. The minimum absolute atomic E-state index is 0.00349. The van der Waals surface area contributed by atoms with Crippen molar-refractivity contribution in [2.75, 3.05) is 55.7 Å². The predicted octanol–water partition coefficient (Wildman–Crippen LogP) is 3.42. The van der Waals surface area contributed by atoms with Crippen molar-refractivity contribution in [2.45, 2.75) is 19.8 Å². The number of carbonyl (C=O) groups excluding carboxylic acids is 1. The number of hydrogen-bond acceptors (Lipinski definition) is 6. The Hall–Kier alpha value is -3.55. The van der Waals surface area contributed by atoms with Crippen molar-refractivity contribution in [2.24, 2.45) is 0 Å². The van der Waals surface area contributed by atoms with Gasteiger partial charge in [-0.3, -0.25) is 9.69 Å². The van der Waals surface area contributed by atoms with Crippen LogP contribution in [0.3, 0.4) is 0 Å². The first-order chi connectivity index (χ1) is 15.6. The van der Waals surface area contributed by atoms with Gasteiger partial charge in [0, 0.05) is 44.1 Å². The van der Waals surface area contributed by atoms with Crippen LogP contribution in [0.1, 0.15) is 25.3 Å². The lowest BCUT2D eigenvalue weighted by molar-refractivity contribution is -0.119. The number of benzene rings is 2. The molecule has 166 valence electrons. The zero-order valence-corrected chi connectivity index (χ0v) is 18.5. The molecule has 32 heavy (non-hydrogen) atoms. The summed E-state index contributed by atoms with van der Waals surface area (Å²) >= 11 is 0. The van der Waals surface area contributed by atoms with E-state index in [0.29, 0.717) is 25.3 Å². The highest BCUT2D eigenvalue weighted by molar-refractivity contribution is 5.94. The van der Waals surface area contributed by atoms with Gasteiger partial charge in [-0.25, -0.2) is 0 Å². The molecule has 1 amide bonds. The van der Waals surface area contributed by atoms with Gasteiger partial charge in [-0.1, -0.05) is 0 Å². The van der Waals surface area contributed by atoms with E-state index >= 15 is 0 Å². The topological polar surface area (TPSA) is 83.6 Å². The predicted molar refractivity (Wildman–Crippen MR) is 125 cm³/mol. The second kappa shape index (κ2) is 11.7. The highest BCUT2D eigenvalue weighted by Crippen LogP contribution is 2.21. The van der Waals surface area contributed by atoms with Gasteiger partial charge in [0.1, 0.15) is 5.75 Å². The van der Waals surface area contributed by atoms with E-state index in [-0.39, 0.29) is 12.3 Å². The summed E-state index contributed by atoms with van der Waals surface area (Å²) in [5.74, 6) is 0.760. The first-order valence-corrected chi connectivity index (χ1v) is 11.0. The first kappa shape index (κ1) is 23.1. The smallest absolute Gasteiger partial charge is 0.241 e. The number of carbonyl (C=O) groups is 1. The van der Waals surface area contributed by atoms with E-state index in [4.69, 9.17) is 15.3 Å². The normalized spacial score (nSPS) is 14.2. The zero-order chi connectivity index (χ0) is 22.8. The highest BCUT2D eigenvalue weighted by Gasteiger charge is 2.21. The SMILES string of the molecule is CCOc1ccc(N(CCC#N)C(=O)CN2CCCN(c3ccc(C#N)cc3)CC2)cc1. The molecule has 3 rings (SSSR count). The van der Waals surface area contributed by atoms with Crippen molar-refractivity contribution >= 4 is 17.3 Å². The molecule has 1 fully saturated rings. The summed E-state index contributed by atoms with van der Waals surface area (Å²) < 4.78 is 5.49. The summed E-state index contributed by atoms with van der Waals surface area (Å²) in [4.78, 5) is 19.3. The average molecular weight is 432 g/mol. The minimum atomic E-state index is -0.00349. The van der Waals surface area contributed by atoms with Crippen molar-refractivity contribution in [1.82, 2.24) is 4.90 Å². The molecular weight excluding hydrogens is 402 g/mol. The Bertz CT molecular complexity index is 960. The van der Waals surface area contributed by atoms with Crippen LogP contribution in [-0.2, 0) is 4.79 Å². The van der Waals surface area contributed by atoms with E-state index in [1.807, 2.05) is 55.5 Å². The molecule has 7 heteroatoms. The van der Waals surface area contributed by atoms with Crippen LogP contribution in [0, 0.1) is 22.7 Å². The summed E-state index contributed by atoms with van der Waals surface area (Å²) in [6, 6.07) is 19.4. The summed E-state index contributed by atoms with van der Waals surface area (Å²) in [6.07, 6.45) is 1.24. The lowest BCUT2D eigenvalue weighted by Crippen LogP contribution is -2.42. The van der Waals surface area contributed by atoms with Crippen LogP contribution in [0.25, 0.3) is 0 Å². The zero-order valence-electron chi connectivity index (χ0n) is 18.5. The third-order valence-corrected chi connectivity index (χ3v) is 5.52. The second-order valence-corrected chi connectivity index (χ2v) is 7.66. The number of rotatable bonds is 8. The number of nitrogens with zero attached hydrogens (tertiary/aromatic N) is 5. The van der Waals surface area contributed by atoms with Gasteiger partial charge in [0.2, 0.25) is 5.91 Å². The first-order valence-electron chi connectivity index (χ1n) is 11.0. The van der Waals surface area contributed by atoms with Gasteiger partial charge in [-0.2, -0.15) is 10.5 Å². The Kier molecular flexibility index (Phi) is 8.48. The maximum atomic E-state index is 13.2. The average Bonchev–Trinajstić information content (AvgIpc) is 3.06. The van der Waals surface area contributed by atoms with Gasteiger partial charge in [-0.05, 0) is 61.9 Å². The molecule has 0 N–H and O–H groups in total. The minimum Gasteiger partial charge on any atom is -0.494 e. The van der Waals surface area contributed by atoms with Gasteiger partial charge in [0.15, 0.2) is 0 Å². The molecule has 1 aliphatic heterocycles. The lowest BCUT2D eigenvalue weighted by atomic mass is 10.2. The molecule has 1 saturated heterocycles. The fourth-order valence-corrected chi connectivity index (χ4v) is 3.86. The maximum absolute atomic E-state index is 13.2. The fraction of sp³-hybridized carbons (Fsp3) is 0.400. The summed E-state index contributed by atoms with van der Waals surface area (Å²) in [6.45, 7) is 6.56. The number of anilines is 2. The summed E-state index contributed by atoms with van der Waals surface area (Å²) in [7, 11) is 0. The molecule has 0 aliphatic carbocycles. The van der Waals surface area contributed by atoms with Crippen LogP contribution in [0.15, 0.2) is 48.5 Å². The van der Waals surface area contributed by atoms with Crippen LogP contribution < -0.4 is 14.5 Å². The van der Waals surface area contributed by atoms with Gasteiger partial charge >= 0.3 is 0 Å². The molecule has 0 bridgehead atoms. The quantitative estimate of drug-likeness (QED) is 0.637. The summed E-state index contributed by atoms with van der Waals surface area (Å²) in [5, 5.41) is 18.0.